The molecule has 166 valence electrons. The fourth-order valence-corrected chi connectivity index (χ4v) is 3.80. The van der Waals surface area contributed by atoms with Gasteiger partial charge in [-0.25, -0.2) is 19.9 Å². The standard InChI is InChI=1S/C14H12N6O.C7H6ClN3O/c21-6-9-3-17-13-12(9)14(19-7-18-13)20-10-1-8-2-15-5-11(8)16-4-10;8-6-5-4(2-12)1-9-7(5)11-3-10-6/h1-4,7,21H,5-6H2,(H2,17,18,19,20);1,3,12H,2H2,(H,9,10,11). The van der Waals surface area contributed by atoms with Crippen LogP contribution in [0, 0.1) is 0 Å². The molecule has 0 aliphatic carbocycles. The lowest BCUT2D eigenvalue weighted by molar-refractivity contribution is 0.283. The number of aliphatic imine (C=N–C) groups is 1. The first-order valence-electron chi connectivity index (χ1n) is 9.92. The lowest BCUT2D eigenvalue weighted by Gasteiger charge is -2.08. The molecule has 12 heteroatoms. The molecule has 5 aromatic rings. The van der Waals surface area contributed by atoms with Gasteiger partial charge >= 0.3 is 0 Å². The summed E-state index contributed by atoms with van der Waals surface area (Å²) in [7, 11) is 0. The molecule has 0 unspecified atom stereocenters. The molecule has 5 aromatic heterocycles. The lowest BCUT2D eigenvalue weighted by Crippen LogP contribution is -1.99. The number of fused-ring (bicyclic) bond motifs is 3. The number of anilines is 2. The smallest absolute Gasteiger partial charge is 0.143 e. The highest BCUT2D eigenvalue weighted by atomic mass is 35.5. The number of nitrogens with zero attached hydrogens (tertiary/aromatic N) is 6. The highest BCUT2D eigenvalue weighted by molar-refractivity contribution is 6.34. The van der Waals surface area contributed by atoms with E-state index in [-0.39, 0.29) is 13.2 Å². The number of hydrogen-bond acceptors (Lipinski definition) is 9. The van der Waals surface area contributed by atoms with E-state index in [1.807, 2.05) is 12.3 Å². The summed E-state index contributed by atoms with van der Waals surface area (Å²) >= 11 is 5.80. The molecule has 0 bridgehead atoms. The van der Waals surface area contributed by atoms with Crippen molar-refractivity contribution in [1.29, 1.82) is 0 Å². The summed E-state index contributed by atoms with van der Waals surface area (Å²) in [5.74, 6) is 0.641. The number of aliphatic hydroxyl groups excluding tert-OH is 2. The van der Waals surface area contributed by atoms with Crippen LogP contribution in [0.15, 0.2) is 42.3 Å². The summed E-state index contributed by atoms with van der Waals surface area (Å²) in [6.45, 7) is 0.504. The molecule has 11 nitrogen and oxygen atoms in total. The Morgan fingerprint density at radius 2 is 1.61 bits per heavy atom. The normalized spacial score (nSPS) is 12.1. The number of hydrogen-bond donors (Lipinski definition) is 5. The third kappa shape index (κ3) is 4.00. The number of aromatic amines is 2. The number of aliphatic hydroxyl groups is 2. The Morgan fingerprint density at radius 3 is 2.36 bits per heavy atom. The van der Waals surface area contributed by atoms with Gasteiger partial charge in [0.2, 0.25) is 0 Å². The molecule has 1 aliphatic rings. The molecule has 33 heavy (non-hydrogen) atoms. The van der Waals surface area contributed by atoms with Crippen LogP contribution in [-0.2, 0) is 19.8 Å². The SMILES string of the molecule is OCc1c[nH]c2ncnc(Cl)c12.OCc1c[nH]c2ncnc(Nc3cnc4c(c3)C=NC4)c12. The Bertz CT molecular complexity index is 1480. The Labute approximate surface area is 191 Å². The largest absolute Gasteiger partial charge is 0.392 e. The number of aromatic nitrogens is 7. The van der Waals surface area contributed by atoms with Gasteiger partial charge in [0.1, 0.15) is 34.9 Å². The average Bonchev–Trinajstić information content (AvgIpc) is 3.57. The molecular weight excluding hydrogens is 446 g/mol. The first-order valence-corrected chi connectivity index (χ1v) is 10.3. The van der Waals surface area contributed by atoms with E-state index < -0.39 is 0 Å². The van der Waals surface area contributed by atoms with Crippen molar-refractivity contribution in [3.8, 4) is 0 Å². The Morgan fingerprint density at radius 1 is 0.909 bits per heavy atom. The maximum absolute atomic E-state index is 9.41. The van der Waals surface area contributed by atoms with Gasteiger partial charge < -0.3 is 25.5 Å². The van der Waals surface area contributed by atoms with Crippen LogP contribution in [0.3, 0.4) is 0 Å². The Kier molecular flexibility index (Phi) is 5.65. The molecule has 0 aromatic carbocycles. The summed E-state index contributed by atoms with van der Waals surface area (Å²) in [5.41, 5.74) is 5.63. The van der Waals surface area contributed by atoms with Gasteiger partial charge in [-0.2, -0.15) is 0 Å². The predicted molar refractivity (Wildman–Crippen MR) is 123 cm³/mol. The van der Waals surface area contributed by atoms with Gasteiger partial charge in [0.25, 0.3) is 0 Å². The van der Waals surface area contributed by atoms with Gasteiger partial charge in [0.15, 0.2) is 0 Å². The van der Waals surface area contributed by atoms with Crippen LogP contribution in [-0.4, -0.2) is 51.3 Å². The van der Waals surface area contributed by atoms with E-state index in [0.717, 1.165) is 33.5 Å². The van der Waals surface area contributed by atoms with E-state index in [4.69, 9.17) is 16.7 Å². The molecular formula is C21H18ClN9O2. The third-order valence-electron chi connectivity index (χ3n) is 5.14. The minimum Gasteiger partial charge on any atom is -0.392 e. The molecule has 5 N–H and O–H groups in total. The highest BCUT2D eigenvalue weighted by Crippen LogP contribution is 2.27. The van der Waals surface area contributed by atoms with Crippen molar-refractivity contribution in [2.24, 2.45) is 4.99 Å². The molecule has 0 atom stereocenters. The molecule has 0 saturated carbocycles. The summed E-state index contributed by atoms with van der Waals surface area (Å²) in [6, 6.07) is 1.98. The number of rotatable bonds is 4. The Balaban J connectivity index is 0.000000162. The quantitative estimate of drug-likeness (QED) is 0.254. The maximum atomic E-state index is 9.41. The number of pyridine rings is 1. The van der Waals surface area contributed by atoms with Gasteiger partial charge in [-0.1, -0.05) is 11.6 Å². The molecule has 0 spiro atoms. The van der Waals surface area contributed by atoms with Gasteiger partial charge in [-0.3, -0.25) is 9.98 Å². The topological polar surface area (TPSA) is 161 Å². The second-order valence-electron chi connectivity index (χ2n) is 7.13. The molecule has 0 amide bonds. The van der Waals surface area contributed by atoms with E-state index in [1.54, 1.807) is 18.6 Å². The molecule has 6 rings (SSSR count). The highest BCUT2D eigenvalue weighted by Gasteiger charge is 2.13. The van der Waals surface area contributed by atoms with E-state index >= 15 is 0 Å². The average molecular weight is 464 g/mol. The predicted octanol–water partition coefficient (Wildman–Crippen LogP) is 2.62. The second-order valence-corrected chi connectivity index (χ2v) is 7.49. The zero-order valence-corrected chi connectivity index (χ0v) is 17.9. The number of halogens is 1. The minimum absolute atomic E-state index is 0.0624. The second kappa shape index (κ2) is 8.90. The summed E-state index contributed by atoms with van der Waals surface area (Å²) in [5, 5.41) is 23.4. The zero-order valence-electron chi connectivity index (χ0n) is 17.1. The van der Waals surface area contributed by atoms with Gasteiger partial charge in [-0.05, 0) is 6.07 Å². The van der Waals surface area contributed by atoms with Crippen LogP contribution in [0.5, 0.6) is 0 Å². The molecule has 1 aliphatic heterocycles. The fourth-order valence-electron chi connectivity index (χ4n) is 3.55. The van der Waals surface area contributed by atoms with Crippen molar-refractivity contribution >= 4 is 51.4 Å². The molecule has 6 heterocycles. The maximum Gasteiger partial charge on any atom is 0.143 e. The van der Waals surface area contributed by atoms with Crippen molar-refractivity contribution in [3.63, 3.8) is 0 Å². The van der Waals surface area contributed by atoms with Crippen molar-refractivity contribution in [2.75, 3.05) is 5.32 Å². The van der Waals surface area contributed by atoms with Crippen LogP contribution in [0.1, 0.15) is 22.4 Å². The Hall–Kier alpha value is -3.93. The molecule has 0 saturated heterocycles. The number of nitrogens with one attached hydrogen (secondary N) is 3. The summed E-state index contributed by atoms with van der Waals surface area (Å²) < 4.78 is 0. The van der Waals surface area contributed by atoms with E-state index in [0.29, 0.717) is 34.2 Å². The van der Waals surface area contributed by atoms with Gasteiger partial charge in [0.05, 0.1) is 48.1 Å². The number of H-pyrrole nitrogens is 2. The lowest BCUT2D eigenvalue weighted by atomic mass is 10.2. The van der Waals surface area contributed by atoms with Crippen LogP contribution < -0.4 is 5.32 Å². The van der Waals surface area contributed by atoms with Gasteiger partial charge in [-0.15, -0.1) is 0 Å². The zero-order chi connectivity index (χ0) is 22.8. The first kappa shape index (κ1) is 20.9. The van der Waals surface area contributed by atoms with Crippen LogP contribution in [0.4, 0.5) is 11.5 Å². The summed E-state index contributed by atoms with van der Waals surface area (Å²) in [6.07, 6.45) is 9.83. The minimum atomic E-state index is -0.0723. The van der Waals surface area contributed by atoms with Crippen molar-refractivity contribution in [1.82, 2.24) is 34.9 Å². The van der Waals surface area contributed by atoms with E-state index in [1.165, 1.54) is 12.7 Å². The van der Waals surface area contributed by atoms with Crippen LogP contribution >= 0.6 is 11.6 Å². The van der Waals surface area contributed by atoms with Crippen molar-refractivity contribution in [2.45, 2.75) is 19.8 Å². The van der Waals surface area contributed by atoms with Crippen LogP contribution in [0.2, 0.25) is 5.15 Å². The van der Waals surface area contributed by atoms with Crippen molar-refractivity contribution < 1.29 is 10.2 Å². The van der Waals surface area contributed by atoms with E-state index in [2.05, 4.69) is 45.2 Å². The molecule has 0 radical (unpaired) electrons. The fraction of sp³-hybridized carbons (Fsp3) is 0.143. The summed E-state index contributed by atoms with van der Waals surface area (Å²) in [4.78, 5) is 30.6. The monoisotopic (exact) mass is 463 g/mol. The molecule has 0 fully saturated rings. The van der Waals surface area contributed by atoms with Crippen molar-refractivity contribution in [3.05, 3.63) is 64.8 Å². The van der Waals surface area contributed by atoms with E-state index in [9.17, 15) is 5.11 Å². The van der Waals surface area contributed by atoms with Crippen LogP contribution in [0.25, 0.3) is 22.1 Å². The first-order chi connectivity index (χ1) is 16.2. The van der Waals surface area contributed by atoms with Gasteiger partial charge in [0, 0.05) is 35.3 Å². The third-order valence-corrected chi connectivity index (χ3v) is 5.42.